The van der Waals surface area contributed by atoms with Crippen molar-refractivity contribution < 1.29 is 23.7 Å². The van der Waals surface area contributed by atoms with Gasteiger partial charge in [-0.05, 0) is 80.3 Å². The van der Waals surface area contributed by atoms with Crippen molar-refractivity contribution in [2.75, 3.05) is 82.3 Å². The van der Waals surface area contributed by atoms with Crippen LogP contribution in [0.15, 0.2) is 77.6 Å². The van der Waals surface area contributed by atoms with Gasteiger partial charge in [0.25, 0.3) is 0 Å². The monoisotopic (exact) mass is 654 g/mol. The fraction of sp³-hybridized carbons (Fsp3) is 0.405. The lowest BCUT2D eigenvalue weighted by Gasteiger charge is -2.40. The summed E-state index contributed by atoms with van der Waals surface area (Å²) in [5.41, 5.74) is 4.32. The molecule has 2 fully saturated rings. The van der Waals surface area contributed by atoms with Crippen LogP contribution in [0.4, 0.5) is 21.9 Å². The predicted octanol–water partition coefficient (Wildman–Crippen LogP) is 5.88. The van der Waals surface area contributed by atoms with Gasteiger partial charge in [-0.1, -0.05) is 18.2 Å². The van der Waals surface area contributed by atoms with Crippen molar-refractivity contribution in [2.24, 2.45) is 4.99 Å². The molecule has 11 nitrogen and oxygen atoms in total. The maximum Gasteiger partial charge on any atom is 0.425 e. The number of carbonyl (C=O) groups excluding carboxylic acids is 1. The Morgan fingerprint density at radius 1 is 0.938 bits per heavy atom. The summed E-state index contributed by atoms with van der Waals surface area (Å²) in [6.45, 7) is 10.2. The number of methoxy groups -OCH3 is 2. The standard InChI is InChI=1S/C37H46N6O5/c1-26-7-6-8-27(2)35(26)48-37(44)43(32-14-13-31(45-4)25-33(32)46-5)34-17-18-40(3)36(39-34)38-28-9-11-29(12-10-28)41-19-15-30(16-20-41)42-21-23-47-24-22-42/h6-14,17,25,30H,15-16,18-24H2,1-5H3,(H,38,39). The number of hydrogen-bond acceptors (Lipinski definition) is 10. The Morgan fingerprint density at radius 2 is 1.65 bits per heavy atom. The molecule has 1 amide bonds. The van der Waals surface area contributed by atoms with Crippen LogP contribution >= 0.6 is 0 Å². The van der Waals surface area contributed by atoms with Crippen molar-refractivity contribution in [2.45, 2.75) is 32.7 Å². The molecule has 11 heteroatoms. The van der Waals surface area contributed by atoms with Crippen LogP contribution in [0.1, 0.15) is 24.0 Å². The van der Waals surface area contributed by atoms with Crippen molar-refractivity contribution >= 4 is 29.1 Å². The number of morpholine rings is 1. The van der Waals surface area contributed by atoms with Gasteiger partial charge in [-0.3, -0.25) is 4.90 Å². The van der Waals surface area contributed by atoms with Gasteiger partial charge in [0.05, 0.1) is 33.1 Å². The van der Waals surface area contributed by atoms with E-state index in [4.69, 9.17) is 23.9 Å². The molecular formula is C37H46N6O5. The van der Waals surface area contributed by atoms with E-state index in [-0.39, 0.29) is 0 Å². The number of anilines is 3. The Bertz CT molecular complexity index is 1620. The average Bonchev–Trinajstić information content (AvgIpc) is 3.12. The smallest absolute Gasteiger partial charge is 0.425 e. The van der Waals surface area contributed by atoms with E-state index in [1.807, 2.05) is 50.1 Å². The van der Waals surface area contributed by atoms with Crippen LogP contribution in [-0.4, -0.2) is 95.1 Å². The first-order valence-electron chi connectivity index (χ1n) is 16.6. The van der Waals surface area contributed by atoms with Crippen LogP contribution in [0.2, 0.25) is 0 Å². The molecule has 0 radical (unpaired) electrons. The number of amides is 1. The molecule has 3 aliphatic rings. The third kappa shape index (κ3) is 7.37. The van der Waals surface area contributed by atoms with Gasteiger partial charge < -0.3 is 34.1 Å². The predicted molar refractivity (Wildman–Crippen MR) is 190 cm³/mol. The number of aryl methyl sites for hydroxylation is 2. The van der Waals surface area contributed by atoms with Crippen molar-refractivity contribution in [3.05, 3.63) is 83.7 Å². The first kappa shape index (κ1) is 33.2. The van der Waals surface area contributed by atoms with E-state index in [9.17, 15) is 4.79 Å². The van der Waals surface area contributed by atoms with E-state index in [1.54, 1.807) is 32.4 Å². The number of rotatable bonds is 8. The van der Waals surface area contributed by atoms with Crippen LogP contribution in [0, 0.1) is 13.8 Å². The van der Waals surface area contributed by atoms with Crippen molar-refractivity contribution in [1.82, 2.24) is 9.80 Å². The second-order valence-electron chi connectivity index (χ2n) is 12.4. The van der Waals surface area contributed by atoms with Gasteiger partial charge in [-0.25, -0.2) is 9.69 Å². The Morgan fingerprint density at radius 3 is 2.31 bits per heavy atom. The van der Waals surface area contributed by atoms with E-state index in [0.29, 0.717) is 47.3 Å². The highest BCUT2D eigenvalue weighted by atomic mass is 16.6. The molecule has 3 aromatic carbocycles. The van der Waals surface area contributed by atoms with Gasteiger partial charge in [-0.2, -0.15) is 4.99 Å². The van der Waals surface area contributed by atoms with Crippen LogP contribution in [-0.2, 0) is 4.74 Å². The molecule has 0 atom stereocenters. The van der Waals surface area contributed by atoms with Crippen LogP contribution in [0.5, 0.6) is 17.2 Å². The number of likely N-dealkylation sites (N-methyl/N-ethyl adjacent to an activating group) is 1. The molecule has 2 saturated heterocycles. The number of ether oxygens (including phenoxy) is 4. The summed E-state index contributed by atoms with van der Waals surface area (Å²) in [7, 11) is 5.10. The Labute approximate surface area is 283 Å². The highest BCUT2D eigenvalue weighted by molar-refractivity contribution is 5.99. The Balaban J connectivity index is 1.21. The minimum absolute atomic E-state index is 0.412. The normalized spacial score (nSPS) is 17.4. The van der Waals surface area contributed by atoms with Crippen molar-refractivity contribution in [3.63, 3.8) is 0 Å². The van der Waals surface area contributed by atoms with E-state index < -0.39 is 6.09 Å². The number of nitrogens with one attached hydrogen (secondary N) is 1. The highest BCUT2D eigenvalue weighted by Gasteiger charge is 2.30. The fourth-order valence-electron chi connectivity index (χ4n) is 6.50. The van der Waals surface area contributed by atoms with Crippen LogP contribution in [0.25, 0.3) is 0 Å². The molecule has 48 heavy (non-hydrogen) atoms. The fourth-order valence-corrected chi connectivity index (χ4v) is 6.50. The van der Waals surface area contributed by atoms with Crippen LogP contribution in [0.3, 0.4) is 0 Å². The SMILES string of the molecule is COc1ccc(N(C(=O)Oc2c(C)cccc2C)C2=CCN(C)C(Nc3ccc(N4CCC(N5CCOCC5)CC4)cc3)=N2)c(OC)c1. The zero-order chi connectivity index (χ0) is 33.6. The molecule has 3 aromatic rings. The average molecular weight is 655 g/mol. The second kappa shape index (κ2) is 15.0. The Kier molecular flexibility index (Phi) is 10.4. The van der Waals surface area contributed by atoms with Gasteiger partial charge in [0.15, 0.2) is 0 Å². The van der Waals surface area contributed by atoms with Gasteiger partial charge >= 0.3 is 6.09 Å². The minimum Gasteiger partial charge on any atom is -0.497 e. The lowest BCUT2D eigenvalue weighted by Crippen LogP contribution is -2.49. The third-order valence-electron chi connectivity index (χ3n) is 9.28. The zero-order valence-electron chi connectivity index (χ0n) is 28.6. The first-order valence-corrected chi connectivity index (χ1v) is 16.6. The summed E-state index contributed by atoms with van der Waals surface area (Å²) < 4.78 is 22.7. The molecular weight excluding hydrogens is 608 g/mol. The van der Waals surface area contributed by atoms with Crippen molar-refractivity contribution in [3.8, 4) is 17.2 Å². The van der Waals surface area contributed by atoms with Gasteiger partial charge in [0.2, 0.25) is 5.96 Å². The highest BCUT2D eigenvalue weighted by Crippen LogP contribution is 2.36. The molecule has 6 rings (SSSR count). The third-order valence-corrected chi connectivity index (χ3v) is 9.28. The molecule has 3 aliphatic heterocycles. The van der Waals surface area contributed by atoms with Gasteiger partial charge in [-0.15, -0.1) is 0 Å². The lowest BCUT2D eigenvalue weighted by atomic mass is 10.0. The van der Waals surface area contributed by atoms with E-state index >= 15 is 0 Å². The second-order valence-corrected chi connectivity index (χ2v) is 12.4. The summed E-state index contributed by atoms with van der Waals surface area (Å²) in [5, 5.41) is 3.47. The van der Waals surface area contributed by atoms with Crippen molar-refractivity contribution in [1.29, 1.82) is 0 Å². The summed E-state index contributed by atoms with van der Waals surface area (Å²) in [6, 6.07) is 20.2. The molecule has 0 aromatic heterocycles. The maximum atomic E-state index is 14.0. The minimum atomic E-state index is -0.600. The molecule has 0 bridgehead atoms. The van der Waals surface area contributed by atoms with E-state index in [0.717, 1.165) is 69.0 Å². The van der Waals surface area contributed by atoms with Gasteiger partial charge in [0.1, 0.15) is 23.1 Å². The van der Waals surface area contributed by atoms with Gasteiger partial charge in [0, 0.05) is 63.3 Å². The molecule has 1 N–H and O–H groups in total. The summed E-state index contributed by atoms with van der Waals surface area (Å²) in [6.07, 6.45) is 3.62. The number of aliphatic imine (C=N–C) groups is 1. The number of para-hydroxylation sites is 1. The molecule has 0 saturated carbocycles. The number of carbonyl (C=O) groups is 1. The number of guanidine groups is 1. The van der Waals surface area contributed by atoms with Crippen LogP contribution < -0.4 is 29.3 Å². The Hall–Kier alpha value is -4.74. The summed E-state index contributed by atoms with van der Waals surface area (Å²) in [5.74, 6) is 2.58. The maximum absolute atomic E-state index is 14.0. The zero-order valence-corrected chi connectivity index (χ0v) is 28.6. The molecule has 254 valence electrons. The number of piperidine rings is 1. The topological polar surface area (TPSA) is 91.3 Å². The summed E-state index contributed by atoms with van der Waals surface area (Å²) >= 11 is 0. The summed E-state index contributed by atoms with van der Waals surface area (Å²) in [4.78, 5) is 27.5. The quantitative estimate of drug-likeness (QED) is 0.320. The molecule has 0 unspecified atom stereocenters. The number of nitrogens with zero attached hydrogens (tertiary/aromatic N) is 5. The molecule has 0 spiro atoms. The number of hydrogen-bond donors (Lipinski definition) is 1. The first-order chi connectivity index (χ1) is 23.3. The molecule has 3 heterocycles. The number of benzene rings is 3. The molecule has 0 aliphatic carbocycles. The largest absolute Gasteiger partial charge is 0.497 e. The van der Waals surface area contributed by atoms with E-state index in [2.05, 4.69) is 39.4 Å². The van der Waals surface area contributed by atoms with E-state index in [1.165, 1.54) is 10.6 Å². The lowest BCUT2D eigenvalue weighted by molar-refractivity contribution is 0.0115.